The highest BCUT2D eigenvalue weighted by molar-refractivity contribution is 7.89. The number of nitrogens with one attached hydrogen (secondary N) is 1. The molecule has 10 heteroatoms. The molecule has 1 aromatic heterocycles. The molecule has 1 fully saturated rings. The Morgan fingerprint density at radius 3 is 2.41 bits per heavy atom. The predicted octanol–water partition coefficient (Wildman–Crippen LogP) is 6.44. The molecule has 1 heterocycles. The molecule has 2 unspecified atom stereocenters. The average molecular weight is 534 g/mol. The molecule has 0 spiro atoms. The maximum absolute atomic E-state index is 14.5. The first-order chi connectivity index (χ1) is 17.2. The van der Waals surface area contributed by atoms with Crippen LogP contribution in [0.15, 0.2) is 51.6 Å². The summed E-state index contributed by atoms with van der Waals surface area (Å²) in [4.78, 5) is 0.221. The van der Waals surface area contributed by atoms with E-state index >= 15 is 0 Å². The molecule has 1 aromatic carbocycles. The third-order valence-electron chi connectivity index (χ3n) is 8.14. The van der Waals surface area contributed by atoms with Crippen molar-refractivity contribution >= 4 is 15.7 Å². The monoisotopic (exact) mass is 533 g/mol. The highest BCUT2D eigenvalue weighted by Crippen LogP contribution is 2.58. The van der Waals surface area contributed by atoms with E-state index in [-0.39, 0.29) is 27.5 Å². The van der Waals surface area contributed by atoms with Crippen LogP contribution in [0.1, 0.15) is 57.5 Å². The summed E-state index contributed by atoms with van der Waals surface area (Å²) >= 11 is 0. The molecule has 37 heavy (non-hydrogen) atoms. The number of aromatic amines is 1. The zero-order chi connectivity index (χ0) is 27.8. The molecule has 0 bridgehead atoms. The number of azo groups is 1. The molecule has 1 saturated carbocycles. The van der Waals surface area contributed by atoms with Crippen molar-refractivity contribution in [3.63, 3.8) is 0 Å². The van der Waals surface area contributed by atoms with Gasteiger partial charge >= 0.3 is 0 Å². The van der Waals surface area contributed by atoms with E-state index < -0.39 is 27.1 Å². The summed E-state index contributed by atoms with van der Waals surface area (Å²) in [5.74, 6) is -1.51. The SMILES string of the molecule is C=C(/C=C(\N=NC)c1c(F)cccc1F)C1CCC(C)(CN(CC)S(=O)(=O)c2c(C)n[nH]c2C)C1(C)C. The lowest BCUT2D eigenvalue weighted by Gasteiger charge is -2.44. The van der Waals surface area contributed by atoms with E-state index in [1.165, 1.54) is 29.6 Å². The minimum Gasteiger partial charge on any atom is -0.281 e. The first-order valence-corrected chi connectivity index (χ1v) is 13.8. The van der Waals surface area contributed by atoms with Crippen LogP contribution in [-0.2, 0) is 10.0 Å². The molecule has 3 rings (SSSR count). The van der Waals surface area contributed by atoms with Crippen LogP contribution in [0.4, 0.5) is 8.78 Å². The van der Waals surface area contributed by atoms with Gasteiger partial charge in [-0.2, -0.15) is 19.6 Å². The molecule has 0 radical (unpaired) electrons. The van der Waals surface area contributed by atoms with Gasteiger partial charge in [-0.15, -0.1) is 0 Å². The van der Waals surface area contributed by atoms with Gasteiger partial charge in [-0.3, -0.25) is 5.10 Å². The second-order valence-electron chi connectivity index (χ2n) is 10.6. The van der Waals surface area contributed by atoms with Gasteiger partial charge in [0.05, 0.1) is 22.6 Å². The van der Waals surface area contributed by atoms with E-state index in [2.05, 4.69) is 47.8 Å². The van der Waals surface area contributed by atoms with E-state index in [4.69, 9.17) is 0 Å². The minimum absolute atomic E-state index is 0.0619. The van der Waals surface area contributed by atoms with Gasteiger partial charge < -0.3 is 0 Å². The number of nitrogens with zero attached hydrogens (tertiary/aromatic N) is 4. The summed E-state index contributed by atoms with van der Waals surface area (Å²) in [6.45, 7) is 16.4. The molecule has 0 amide bonds. The van der Waals surface area contributed by atoms with E-state index in [9.17, 15) is 17.2 Å². The molecule has 1 aliphatic carbocycles. The lowest BCUT2D eigenvalue weighted by Crippen LogP contribution is -2.46. The summed E-state index contributed by atoms with van der Waals surface area (Å²) < 4.78 is 57.8. The molecule has 0 aliphatic heterocycles. The zero-order valence-electron chi connectivity index (χ0n) is 22.7. The fourth-order valence-corrected chi connectivity index (χ4v) is 7.49. The Morgan fingerprint density at radius 1 is 1.27 bits per heavy atom. The van der Waals surface area contributed by atoms with Crippen LogP contribution >= 0.6 is 0 Å². The van der Waals surface area contributed by atoms with Gasteiger partial charge in [0, 0.05) is 20.1 Å². The normalized spacial score (nSPS) is 22.3. The van der Waals surface area contributed by atoms with Crippen molar-refractivity contribution < 1.29 is 17.2 Å². The highest BCUT2D eigenvalue weighted by Gasteiger charge is 2.53. The van der Waals surface area contributed by atoms with E-state index in [1.807, 2.05) is 6.92 Å². The number of sulfonamides is 1. The maximum Gasteiger partial charge on any atom is 0.246 e. The van der Waals surface area contributed by atoms with Crippen LogP contribution in [0.5, 0.6) is 0 Å². The van der Waals surface area contributed by atoms with Gasteiger partial charge in [0.25, 0.3) is 0 Å². The summed E-state index contributed by atoms with van der Waals surface area (Å²) in [5, 5.41) is 14.6. The Morgan fingerprint density at radius 2 is 1.89 bits per heavy atom. The van der Waals surface area contributed by atoms with Crippen LogP contribution in [-0.4, -0.2) is 43.1 Å². The van der Waals surface area contributed by atoms with Gasteiger partial charge in [0.15, 0.2) is 0 Å². The number of H-pyrrole nitrogens is 1. The second-order valence-corrected chi connectivity index (χ2v) is 12.4. The quantitative estimate of drug-likeness (QED) is 0.297. The topological polar surface area (TPSA) is 90.8 Å². The number of rotatable bonds is 9. The molecule has 1 aliphatic rings. The van der Waals surface area contributed by atoms with Gasteiger partial charge in [0.1, 0.15) is 16.5 Å². The van der Waals surface area contributed by atoms with Crippen molar-refractivity contribution in [1.29, 1.82) is 0 Å². The zero-order valence-corrected chi connectivity index (χ0v) is 23.5. The maximum atomic E-state index is 14.5. The van der Waals surface area contributed by atoms with Crippen molar-refractivity contribution in [2.24, 2.45) is 27.0 Å². The number of benzene rings is 1. The summed E-state index contributed by atoms with van der Waals surface area (Å²) in [6.07, 6.45) is 3.10. The standard InChI is InChI=1S/C27H37F2N5O2S/c1-9-34(37(35,36)25-18(3)31-32-19(25)4)16-27(7)14-13-20(26(27,5)6)17(2)15-23(33-30-8)24-21(28)11-10-12-22(24)29/h10-12,15,20H,2,9,13-14,16H2,1,3-8H3,(H,31,32)/b23-15-,33-30?. The highest BCUT2D eigenvalue weighted by atomic mass is 32.2. The Bertz CT molecular complexity index is 1310. The molecular weight excluding hydrogens is 496 g/mol. The van der Waals surface area contributed by atoms with Crippen molar-refractivity contribution in [2.75, 3.05) is 20.1 Å². The van der Waals surface area contributed by atoms with Crippen LogP contribution in [0.2, 0.25) is 0 Å². The van der Waals surface area contributed by atoms with Gasteiger partial charge in [-0.25, -0.2) is 17.2 Å². The van der Waals surface area contributed by atoms with Crippen molar-refractivity contribution in [3.8, 4) is 0 Å². The van der Waals surface area contributed by atoms with Gasteiger partial charge in [-0.1, -0.05) is 40.3 Å². The number of hydrogen-bond acceptors (Lipinski definition) is 5. The van der Waals surface area contributed by atoms with Crippen molar-refractivity contribution in [3.05, 3.63) is 65.0 Å². The van der Waals surface area contributed by atoms with Crippen molar-refractivity contribution in [2.45, 2.75) is 59.3 Å². The number of aromatic nitrogens is 2. The van der Waals surface area contributed by atoms with E-state index in [0.29, 0.717) is 30.1 Å². The summed E-state index contributed by atoms with van der Waals surface area (Å²) in [5.41, 5.74) is 0.678. The molecule has 7 nitrogen and oxygen atoms in total. The average Bonchev–Trinajstić information content (AvgIpc) is 3.26. The molecule has 0 saturated heterocycles. The molecule has 2 atom stereocenters. The van der Waals surface area contributed by atoms with Gasteiger partial charge in [0.2, 0.25) is 10.0 Å². The second kappa shape index (κ2) is 10.6. The Balaban J connectivity index is 1.94. The van der Waals surface area contributed by atoms with Crippen LogP contribution in [0.25, 0.3) is 5.70 Å². The van der Waals surface area contributed by atoms with Gasteiger partial charge in [-0.05, 0) is 67.2 Å². The molecule has 1 N–H and O–H groups in total. The van der Waals surface area contributed by atoms with Crippen LogP contribution in [0.3, 0.4) is 0 Å². The molecular formula is C27H37F2N5O2S. The third-order valence-corrected chi connectivity index (χ3v) is 10.3. The fraction of sp³-hybridized carbons (Fsp3) is 0.519. The first kappa shape index (κ1) is 28.8. The Kier molecular flexibility index (Phi) is 8.24. The van der Waals surface area contributed by atoms with E-state index in [1.54, 1.807) is 19.9 Å². The third kappa shape index (κ3) is 5.18. The smallest absolute Gasteiger partial charge is 0.246 e. The van der Waals surface area contributed by atoms with E-state index in [0.717, 1.165) is 12.8 Å². The van der Waals surface area contributed by atoms with Crippen LogP contribution in [0, 0.1) is 42.2 Å². The molecule has 2 aromatic rings. The number of aryl methyl sites for hydroxylation is 2. The first-order valence-electron chi connectivity index (χ1n) is 12.4. The summed E-state index contributed by atoms with van der Waals surface area (Å²) in [7, 11) is -2.32. The lowest BCUT2D eigenvalue weighted by molar-refractivity contribution is 0.0803. The number of halogens is 2. The summed E-state index contributed by atoms with van der Waals surface area (Å²) in [6, 6.07) is 3.66. The number of allylic oxidation sites excluding steroid dienone is 2. The fourth-order valence-electron chi connectivity index (χ4n) is 5.58. The minimum atomic E-state index is -3.76. The largest absolute Gasteiger partial charge is 0.281 e. The van der Waals surface area contributed by atoms with Crippen LogP contribution < -0.4 is 0 Å². The Hall–Kier alpha value is -2.72. The predicted molar refractivity (Wildman–Crippen MR) is 141 cm³/mol. The lowest BCUT2D eigenvalue weighted by atomic mass is 9.64. The molecule has 202 valence electrons. The van der Waals surface area contributed by atoms with Crippen molar-refractivity contribution in [1.82, 2.24) is 14.5 Å². The Labute approximate surface area is 218 Å². The number of hydrogen-bond donors (Lipinski definition) is 1.